The van der Waals surface area contributed by atoms with Crippen molar-refractivity contribution in [2.75, 3.05) is 13.7 Å². The number of nitrogens with one attached hydrogen (secondary N) is 1. The zero-order valence-electron chi connectivity index (χ0n) is 18.9. The van der Waals surface area contributed by atoms with Crippen LogP contribution in [0, 0.1) is 17.3 Å². The van der Waals surface area contributed by atoms with Crippen LogP contribution in [0.2, 0.25) is 0 Å². The van der Waals surface area contributed by atoms with E-state index in [1.54, 1.807) is 25.7 Å². The van der Waals surface area contributed by atoms with Crippen molar-refractivity contribution in [1.29, 1.82) is 0 Å². The van der Waals surface area contributed by atoms with E-state index in [0.29, 0.717) is 6.54 Å². The van der Waals surface area contributed by atoms with Crippen LogP contribution >= 0.6 is 0 Å². The average Bonchev–Trinajstić information content (AvgIpc) is 2.94. The maximum atomic E-state index is 13.5. The van der Waals surface area contributed by atoms with Crippen molar-refractivity contribution in [3.8, 4) is 0 Å². The molecule has 1 rings (SSSR count). The van der Waals surface area contributed by atoms with Crippen LogP contribution in [0.5, 0.6) is 0 Å². The first-order valence-electron chi connectivity index (χ1n) is 10.1. The first-order valence-corrected chi connectivity index (χ1v) is 10.1. The zero-order valence-corrected chi connectivity index (χ0v) is 18.9. The molecule has 0 aromatic carbocycles. The largest absolute Gasteiger partial charge is 0.467 e. The van der Waals surface area contributed by atoms with Gasteiger partial charge in [-0.15, -0.1) is 0 Å². The molecule has 0 aromatic rings. The van der Waals surface area contributed by atoms with Gasteiger partial charge in [0.2, 0.25) is 5.91 Å². The Morgan fingerprint density at radius 3 is 2.04 bits per heavy atom. The number of likely N-dealkylation sites (tertiary alicyclic amines) is 1. The van der Waals surface area contributed by atoms with Crippen molar-refractivity contribution < 1.29 is 23.9 Å². The molecule has 1 fully saturated rings. The summed E-state index contributed by atoms with van der Waals surface area (Å²) < 4.78 is 10.4. The van der Waals surface area contributed by atoms with Crippen molar-refractivity contribution in [2.24, 2.45) is 17.3 Å². The monoisotopic (exact) mass is 398 g/mol. The Bertz CT molecular complexity index is 576. The lowest BCUT2D eigenvalue weighted by molar-refractivity contribution is -0.154. The lowest BCUT2D eigenvalue weighted by Gasteiger charge is -2.36. The van der Waals surface area contributed by atoms with Gasteiger partial charge >= 0.3 is 12.1 Å². The summed E-state index contributed by atoms with van der Waals surface area (Å²) in [5.41, 5.74) is -1.22. The molecule has 0 aliphatic carbocycles. The van der Waals surface area contributed by atoms with Gasteiger partial charge in [-0.1, -0.05) is 47.5 Å². The lowest BCUT2D eigenvalue weighted by atomic mass is 9.85. The van der Waals surface area contributed by atoms with E-state index in [0.717, 1.165) is 12.8 Å². The van der Waals surface area contributed by atoms with Crippen molar-refractivity contribution >= 4 is 18.0 Å². The number of carbonyl (C=O) groups excluding carboxylic acids is 3. The Morgan fingerprint density at radius 2 is 1.64 bits per heavy atom. The van der Waals surface area contributed by atoms with Crippen LogP contribution in [0.3, 0.4) is 0 Å². The maximum absolute atomic E-state index is 13.5. The molecule has 0 radical (unpaired) electrons. The molecule has 0 bridgehead atoms. The predicted octanol–water partition coefficient (Wildman–Crippen LogP) is 3.36. The topological polar surface area (TPSA) is 84.9 Å². The molecular formula is C21H38N2O5. The van der Waals surface area contributed by atoms with Crippen molar-refractivity contribution in [3.63, 3.8) is 0 Å². The summed E-state index contributed by atoms with van der Waals surface area (Å²) in [7, 11) is 1.34. The highest BCUT2D eigenvalue weighted by Crippen LogP contribution is 2.36. The highest BCUT2D eigenvalue weighted by molar-refractivity contribution is 5.91. The molecule has 162 valence electrons. The second-order valence-electron chi connectivity index (χ2n) is 9.64. The van der Waals surface area contributed by atoms with Crippen LogP contribution in [0.15, 0.2) is 0 Å². The number of methoxy groups -OCH3 is 1. The average molecular weight is 399 g/mol. The molecule has 0 spiro atoms. The van der Waals surface area contributed by atoms with E-state index in [2.05, 4.69) is 12.2 Å². The molecule has 1 aliphatic heterocycles. The fourth-order valence-electron chi connectivity index (χ4n) is 3.87. The summed E-state index contributed by atoms with van der Waals surface area (Å²) in [5, 5.41) is 2.73. The van der Waals surface area contributed by atoms with E-state index in [1.165, 1.54) is 7.11 Å². The molecule has 1 heterocycles. The first-order chi connectivity index (χ1) is 12.8. The molecule has 0 saturated carbocycles. The molecule has 1 saturated heterocycles. The minimum atomic E-state index is -0.817. The number of amides is 2. The molecular weight excluding hydrogens is 360 g/mol. The molecule has 4 atom stereocenters. The van der Waals surface area contributed by atoms with Gasteiger partial charge in [0.05, 0.1) is 7.11 Å². The van der Waals surface area contributed by atoms with Gasteiger partial charge in [-0.2, -0.15) is 0 Å². The molecule has 2 amide bonds. The predicted molar refractivity (Wildman–Crippen MR) is 108 cm³/mol. The number of hydrogen-bond acceptors (Lipinski definition) is 5. The van der Waals surface area contributed by atoms with Gasteiger partial charge in [0, 0.05) is 6.54 Å². The summed E-state index contributed by atoms with van der Waals surface area (Å²) in [5.74, 6) is -0.409. The van der Waals surface area contributed by atoms with Crippen LogP contribution in [-0.4, -0.2) is 54.2 Å². The van der Waals surface area contributed by atoms with Crippen LogP contribution in [0.1, 0.15) is 68.2 Å². The second-order valence-corrected chi connectivity index (χ2v) is 9.64. The van der Waals surface area contributed by atoms with E-state index in [-0.39, 0.29) is 17.7 Å². The molecule has 7 heteroatoms. The van der Waals surface area contributed by atoms with Crippen LogP contribution < -0.4 is 5.32 Å². The number of nitrogens with zero attached hydrogens (tertiary/aromatic N) is 1. The third-order valence-corrected chi connectivity index (χ3v) is 5.27. The van der Waals surface area contributed by atoms with E-state index in [9.17, 15) is 14.4 Å². The van der Waals surface area contributed by atoms with Crippen LogP contribution in [0.25, 0.3) is 0 Å². The number of ether oxygens (including phenoxy) is 2. The van der Waals surface area contributed by atoms with Gasteiger partial charge < -0.3 is 19.7 Å². The summed E-state index contributed by atoms with van der Waals surface area (Å²) in [6, 6.07) is -1.44. The van der Waals surface area contributed by atoms with Gasteiger partial charge in [0.15, 0.2) is 0 Å². The number of alkyl carbamates (subject to hydrolysis) is 1. The van der Waals surface area contributed by atoms with E-state index in [4.69, 9.17) is 9.47 Å². The van der Waals surface area contributed by atoms with Gasteiger partial charge in [-0.05, 0) is 38.0 Å². The fourth-order valence-corrected chi connectivity index (χ4v) is 3.87. The first kappa shape index (κ1) is 24.2. The molecule has 1 N–H and O–H groups in total. The Hall–Kier alpha value is -1.79. The van der Waals surface area contributed by atoms with Gasteiger partial charge in [0.1, 0.15) is 17.7 Å². The van der Waals surface area contributed by atoms with Crippen molar-refractivity contribution in [1.82, 2.24) is 10.2 Å². The lowest BCUT2D eigenvalue weighted by Crippen LogP contribution is -2.57. The maximum Gasteiger partial charge on any atom is 0.408 e. The highest BCUT2D eigenvalue weighted by Gasteiger charge is 2.49. The summed E-state index contributed by atoms with van der Waals surface area (Å²) in [6.45, 7) is 15.5. The Labute approximate surface area is 169 Å². The standard InChI is InChI=1S/C21H38N2O5/c1-10-13-12-23(15(14(13)11-2)18(25)27-9)17(24)16(20(3,4)5)22-19(26)28-21(6,7)8/h13-16H,10-12H2,1-9H3,(H,22,26). The minimum absolute atomic E-state index is 0.0449. The summed E-state index contributed by atoms with van der Waals surface area (Å²) in [4.78, 5) is 40.0. The highest BCUT2D eigenvalue weighted by atomic mass is 16.6. The number of esters is 1. The van der Waals surface area contributed by atoms with E-state index < -0.39 is 35.2 Å². The van der Waals surface area contributed by atoms with Gasteiger partial charge in [-0.25, -0.2) is 9.59 Å². The molecule has 28 heavy (non-hydrogen) atoms. The SMILES string of the molecule is CCC1CN(C(=O)C(NC(=O)OC(C)(C)C)C(C)(C)C)C(C(=O)OC)C1CC. The molecule has 0 aromatic heterocycles. The summed E-state index contributed by atoms with van der Waals surface area (Å²) >= 11 is 0. The number of hydrogen-bond donors (Lipinski definition) is 1. The normalized spacial score (nSPS) is 23.9. The van der Waals surface area contributed by atoms with Gasteiger partial charge in [-0.3, -0.25) is 4.79 Å². The fraction of sp³-hybridized carbons (Fsp3) is 0.857. The minimum Gasteiger partial charge on any atom is -0.467 e. The molecule has 7 nitrogen and oxygen atoms in total. The second kappa shape index (κ2) is 9.14. The third kappa shape index (κ3) is 5.85. The van der Waals surface area contributed by atoms with Crippen LogP contribution in [0.4, 0.5) is 4.79 Å². The molecule has 1 aliphatic rings. The molecule has 4 unspecified atom stereocenters. The quantitative estimate of drug-likeness (QED) is 0.718. The smallest absolute Gasteiger partial charge is 0.408 e. The van der Waals surface area contributed by atoms with Crippen molar-refractivity contribution in [3.05, 3.63) is 0 Å². The third-order valence-electron chi connectivity index (χ3n) is 5.27. The summed E-state index contributed by atoms with van der Waals surface area (Å²) in [6.07, 6.45) is 1.01. The van der Waals surface area contributed by atoms with E-state index >= 15 is 0 Å². The zero-order chi connectivity index (χ0) is 21.9. The Balaban J connectivity index is 3.18. The Morgan fingerprint density at radius 1 is 1.07 bits per heavy atom. The van der Waals surface area contributed by atoms with E-state index in [1.807, 2.05) is 27.7 Å². The van der Waals surface area contributed by atoms with Crippen LogP contribution in [-0.2, 0) is 19.1 Å². The van der Waals surface area contributed by atoms with Crippen molar-refractivity contribution in [2.45, 2.75) is 85.9 Å². The Kier molecular flexibility index (Phi) is 7.91. The van der Waals surface area contributed by atoms with Gasteiger partial charge in [0.25, 0.3) is 0 Å². The number of carbonyl (C=O) groups is 3. The number of rotatable bonds is 5.